The monoisotopic (exact) mass is 190 g/mol. The second kappa shape index (κ2) is 4.11. The molecule has 0 spiro atoms. The maximum absolute atomic E-state index is 11.4. The summed E-state index contributed by atoms with van der Waals surface area (Å²) in [5.41, 5.74) is -0.163. The van der Waals surface area contributed by atoms with Gasteiger partial charge in [-0.05, 0) is 12.8 Å². The molecule has 0 aliphatic heterocycles. The Morgan fingerprint density at radius 3 is 2.50 bits per heavy atom. The molecule has 1 fully saturated rings. The van der Waals surface area contributed by atoms with Crippen molar-refractivity contribution in [3.8, 4) is 0 Å². The highest BCUT2D eigenvalue weighted by Gasteiger charge is 2.33. The predicted molar refractivity (Wildman–Crippen MR) is 48.0 cm³/mol. The molecule has 1 atom stereocenters. The van der Waals surface area contributed by atoms with Crippen LogP contribution in [-0.4, -0.2) is 10.6 Å². The predicted octanol–water partition coefficient (Wildman–Crippen LogP) is 2.66. The fourth-order valence-corrected chi connectivity index (χ4v) is 3.00. The Labute approximate surface area is 73.0 Å². The summed E-state index contributed by atoms with van der Waals surface area (Å²) >= 11 is 0. The van der Waals surface area contributed by atoms with E-state index in [-0.39, 0.29) is 5.66 Å². The van der Waals surface area contributed by atoms with Crippen LogP contribution in [0.5, 0.6) is 0 Å². The molecule has 0 aromatic carbocycles. The summed E-state index contributed by atoms with van der Waals surface area (Å²) in [6, 6.07) is 0. The Morgan fingerprint density at radius 2 is 2.00 bits per heavy atom. The van der Waals surface area contributed by atoms with Crippen LogP contribution in [0.25, 0.3) is 0 Å². The zero-order valence-electron chi connectivity index (χ0n) is 7.11. The number of hydrogen-bond donors (Lipinski definition) is 1. The van der Waals surface area contributed by atoms with Crippen molar-refractivity contribution in [2.24, 2.45) is 0 Å². The number of rotatable bonds is 3. The van der Waals surface area contributed by atoms with Crippen molar-refractivity contribution in [1.29, 1.82) is 0 Å². The maximum atomic E-state index is 11.4. The molecule has 0 radical (unpaired) electrons. The Hall–Kier alpha value is -0.270. The minimum atomic E-state index is -3.39. The molecular formula is C8H15O3P. The first-order valence-electron chi connectivity index (χ1n) is 4.28. The molecule has 3 nitrogen and oxygen atoms in total. The summed E-state index contributed by atoms with van der Waals surface area (Å²) in [7, 11) is -3.39. The van der Waals surface area contributed by atoms with Crippen LogP contribution in [0.3, 0.4) is 0 Å². The molecule has 1 rings (SSSR count). The highest BCUT2D eigenvalue weighted by Crippen LogP contribution is 2.52. The van der Waals surface area contributed by atoms with Gasteiger partial charge in [0.15, 0.2) is 0 Å². The van der Waals surface area contributed by atoms with Crippen LogP contribution in [0.4, 0.5) is 0 Å². The van der Waals surface area contributed by atoms with E-state index in [1.165, 1.54) is 6.42 Å². The summed E-state index contributed by atoms with van der Waals surface area (Å²) in [5, 5.41) is 0. The fourth-order valence-electron chi connectivity index (χ4n) is 1.60. The van der Waals surface area contributed by atoms with Gasteiger partial charge >= 0.3 is 7.60 Å². The quantitative estimate of drug-likeness (QED) is 0.549. The van der Waals surface area contributed by atoms with E-state index in [9.17, 15) is 9.46 Å². The minimum Gasteiger partial charge on any atom is -0.433 e. The fraction of sp³-hybridized carbons (Fsp3) is 0.750. The molecule has 0 aromatic heterocycles. The van der Waals surface area contributed by atoms with Gasteiger partial charge in [-0.1, -0.05) is 25.8 Å². The second-order valence-electron chi connectivity index (χ2n) is 3.13. The van der Waals surface area contributed by atoms with Gasteiger partial charge < -0.3 is 9.42 Å². The minimum absolute atomic E-state index is 0.163. The third-order valence-electron chi connectivity index (χ3n) is 2.26. The van der Waals surface area contributed by atoms with Gasteiger partial charge in [0.1, 0.15) is 0 Å². The molecule has 1 aliphatic rings. The Balaban J connectivity index is 2.53. The first-order valence-corrected chi connectivity index (χ1v) is 5.93. The lowest BCUT2D eigenvalue weighted by atomic mass is 10.0. The Bertz CT molecular complexity index is 196. The molecule has 1 aliphatic carbocycles. The summed E-state index contributed by atoms with van der Waals surface area (Å²) in [6.07, 6.45) is 5.93. The Morgan fingerprint density at radius 1 is 1.42 bits per heavy atom. The van der Waals surface area contributed by atoms with Gasteiger partial charge in [0.05, 0.1) is 11.9 Å². The van der Waals surface area contributed by atoms with Crippen LogP contribution in [0.2, 0.25) is 0 Å². The van der Waals surface area contributed by atoms with E-state index >= 15 is 0 Å². The standard InChI is InChI=1S/C8H15O3P/c1-2-11-12(9,10)8-6-4-3-5-7-8/h2,8H,1,3-7H2,(H,9,10). The van der Waals surface area contributed by atoms with Crippen LogP contribution >= 0.6 is 7.60 Å². The van der Waals surface area contributed by atoms with E-state index in [1.54, 1.807) is 0 Å². The second-order valence-corrected chi connectivity index (χ2v) is 5.20. The molecular weight excluding hydrogens is 175 g/mol. The molecule has 0 saturated heterocycles. The van der Waals surface area contributed by atoms with E-state index in [2.05, 4.69) is 11.1 Å². The first kappa shape index (κ1) is 9.82. The van der Waals surface area contributed by atoms with Crippen molar-refractivity contribution in [2.45, 2.75) is 37.8 Å². The van der Waals surface area contributed by atoms with Crippen molar-refractivity contribution in [2.75, 3.05) is 0 Å². The van der Waals surface area contributed by atoms with E-state index in [0.717, 1.165) is 31.9 Å². The van der Waals surface area contributed by atoms with E-state index in [0.29, 0.717) is 0 Å². The smallest absolute Gasteiger partial charge is 0.379 e. The third kappa shape index (κ3) is 2.36. The van der Waals surface area contributed by atoms with E-state index in [4.69, 9.17) is 0 Å². The van der Waals surface area contributed by atoms with Gasteiger partial charge in [-0.2, -0.15) is 0 Å². The summed E-state index contributed by atoms with van der Waals surface area (Å²) in [6.45, 7) is 3.29. The van der Waals surface area contributed by atoms with Gasteiger partial charge in [-0.15, -0.1) is 0 Å². The van der Waals surface area contributed by atoms with Crippen LogP contribution in [-0.2, 0) is 9.09 Å². The van der Waals surface area contributed by atoms with Crippen LogP contribution in [0.15, 0.2) is 12.8 Å². The van der Waals surface area contributed by atoms with Crippen molar-refractivity contribution in [3.63, 3.8) is 0 Å². The lowest BCUT2D eigenvalue weighted by Gasteiger charge is -2.24. The van der Waals surface area contributed by atoms with Crippen LogP contribution in [0.1, 0.15) is 32.1 Å². The lowest BCUT2D eigenvalue weighted by Crippen LogP contribution is -2.13. The topological polar surface area (TPSA) is 46.5 Å². The van der Waals surface area contributed by atoms with E-state index in [1.807, 2.05) is 0 Å². The number of hydrogen-bond acceptors (Lipinski definition) is 2. The highest BCUT2D eigenvalue weighted by atomic mass is 31.2. The van der Waals surface area contributed by atoms with Crippen molar-refractivity contribution < 1.29 is 14.0 Å². The largest absolute Gasteiger partial charge is 0.433 e. The van der Waals surface area contributed by atoms with Gasteiger partial charge in [0, 0.05) is 0 Å². The highest BCUT2D eigenvalue weighted by molar-refractivity contribution is 7.53. The van der Waals surface area contributed by atoms with Crippen molar-refractivity contribution in [3.05, 3.63) is 12.8 Å². The molecule has 0 bridgehead atoms. The third-order valence-corrected chi connectivity index (χ3v) is 4.15. The Kier molecular flexibility index (Phi) is 3.36. The zero-order valence-corrected chi connectivity index (χ0v) is 8.00. The average Bonchev–Trinajstić information content (AvgIpc) is 2.06. The molecule has 0 heterocycles. The first-order chi connectivity index (χ1) is 5.67. The zero-order chi connectivity index (χ0) is 9.03. The van der Waals surface area contributed by atoms with Crippen LogP contribution < -0.4 is 0 Å². The summed E-state index contributed by atoms with van der Waals surface area (Å²) in [5.74, 6) is 0. The van der Waals surface area contributed by atoms with Crippen molar-refractivity contribution >= 4 is 7.60 Å². The van der Waals surface area contributed by atoms with Crippen LogP contribution in [0, 0.1) is 0 Å². The SMILES string of the molecule is C=COP(=O)(O)C1CCCCC1. The molecule has 4 heteroatoms. The normalized spacial score (nSPS) is 24.4. The maximum Gasteiger partial charge on any atom is 0.379 e. The summed E-state index contributed by atoms with van der Waals surface area (Å²) < 4.78 is 16.1. The van der Waals surface area contributed by atoms with Gasteiger partial charge in [-0.25, -0.2) is 4.57 Å². The molecule has 1 saturated carbocycles. The van der Waals surface area contributed by atoms with Crippen molar-refractivity contribution in [1.82, 2.24) is 0 Å². The summed E-state index contributed by atoms with van der Waals surface area (Å²) in [4.78, 5) is 9.40. The molecule has 1 unspecified atom stereocenters. The molecule has 0 aromatic rings. The lowest BCUT2D eigenvalue weighted by molar-refractivity contribution is 0.318. The van der Waals surface area contributed by atoms with Gasteiger partial charge in [0.25, 0.3) is 0 Å². The average molecular weight is 190 g/mol. The van der Waals surface area contributed by atoms with Gasteiger partial charge in [-0.3, -0.25) is 0 Å². The van der Waals surface area contributed by atoms with Gasteiger partial charge in [0.2, 0.25) is 0 Å². The molecule has 12 heavy (non-hydrogen) atoms. The molecule has 1 N–H and O–H groups in total. The molecule has 0 amide bonds. The molecule has 70 valence electrons. The van der Waals surface area contributed by atoms with E-state index < -0.39 is 7.60 Å².